The van der Waals surface area contributed by atoms with E-state index in [2.05, 4.69) is 5.32 Å². The molecule has 0 atom stereocenters. The molecule has 0 aliphatic rings. The molecule has 0 unspecified atom stereocenters. The van der Waals surface area contributed by atoms with Crippen LogP contribution in [-0.2, 0) is 0 Å². The first kappa shape index (κ1) is 17.9. The van der Waals surface area contributed by atoms with Crippen molar-refractivity contribution in [2.75, 3.05) is 5.32 Å². The van der Waals surface area contributed by atoms with Crippen molar-refractivity contribution >= 4 is 17.6 Å². The number of aryl methyl sites for hydroxylation is 1. The second-order valence-electron chi connectivity index (χ2n) is 4.50. The summed E-state index contributed by atoms with van der Waals surface area (Å²) in [5.74, 6) is -1.78. The minimum Gasteiger partial charge on any atom is -0.478 e. The second-order valence-corrected chi connectivity index (χ2v) is 4.50. The molecule has 2 rings (SSSR count). The summed E-state index contributed by atoms with van der Waals surface area (Å²) in [6.07, 6.45) is 0. The van der Waals surface area contributed by atoms with Crippen LogP contribution in [0.15, 0.2) is 42.5 Å². The Labute approximate surface area is 135 Å². The Bertz CT molecular complexity index is 744. The Morgan fingerprint density at radius 3 is 2.17 bits per heavy atom. The standard InChI is InChI=1S/C16H12N2O3.C2H6/c1-10-2-5-12(6-3-10)18-15(19)14-8-11(9-17)4-7-13(14)16(20)21;1-2/h2-8H,1H3,(H,18,19)(H,20,21);1-2H3. The Kier molecular flexibility index (Phi) is 6.50. The smallest absolute Gasteiger partial charge is 0.336 e. The Morgan fingerprint density at radius 1 is 1.04 bits per heavy atom. The van der Waals surface area contributed by atoms with Gasteiger partial charge in [-0.3, -0.25) is 4.79 Å². The molecule has 0 heterocycles. The number of nitriles is 1. The lowest BCUT2D eigenvalue weighted by molar-refractivity contribution is 0.0692. The molecule has 2 aromatic rings. The Hall–Kier alpha value is -3.13. The maximum atomic E-state index is 12.2. The topological polar surface area (TPSA) is 90.2 Å². The summed E-state index contributed by atoms with van der Waals surface area (Å²) >= 11 is 0. The van der Waals surface area contributed by atoms with Gasteiger partial charge in [-0.1, -0.05) is 31.5 Å². The number of hydrogen-bond acceptors (Lipinski definition) is 3. The molecule has 0 aliphatic carbocycles. The van der Waals surface area contributed by atoms with Gasteiger partial charge in [0.2, 0.25) is 0 Å². The summed E-state index contributed by atoms with van der Waals surface area (Å²) < 4.78 is 0. The van der Waals surface area contributed by atoms with Gasteiger partial charge in [-0.2, -0.15) is 5.26 Å². The van der Waals surface area contributed by atoms with Crippen LogP contribution in [-0.4, -0.2) is 17.0 Å². The number of carboxylic acid groups (broad SMARTS) is 1. The van der Waals surface area contributed by atoms with Crippen molar-refractivity contribution in [3.8, 4) is 6.07 Å². The van der Waals surface area contributed by atoms with E-state index in [1.54, 1.807) is 12.1 Å². The third-order valence-electron chi connectivity index (χ3n) is 2.93. The Morgan fingerprint density at radius 2 is 1.65 bits per heavy atom. The number of benzene rings is 2. The molecule has 0 fully saturated rings. The molecule has 23 heavy (non-hydrogen) atoms. The summed E-state index contributed by atoms with van der Waals surface area (Å²) in [4.78, 5) is 23.4. The highest BCUT2D eigenvalue weighted by Crippen LogP contribution is 2.15. The highest BCUT2D eigenvalue weighted by atomic mass is 16.4. The summed E-state index contributed by atoms with van der Waals surface area (Å²) in [6.45, 7) is 5.92. The molecule has 5 heteroatoms. The highest BCUT2D eigenvalue weighted by Gasteiger charge is 2.17. The minimum absolute atomic E-state index is 0.0397. The van der Waals surface area contributed by atoms with Crippen LogP contribution >= 0.6 is 0 Å². The van der Waals surface area contributed by atoms with Crippen LogP contribution in [0.4, 0.5) is 5.69 Å². The lowest BCUT2D eigenvalue weighted by Crippen LogP contribution is -2.16. The number of amides is 1. The van der Waals surface area contributed by atoms with E-state index in [0.717, 1.165) is 5.56 Å². The number of carbonyl (C=O) groups excluding carboxylic acids is 1. The Balaban J connectivity index is 0.00000127. The predicted molar refractivity (Wildman–Crippen MR) is 88.6 cm³/mol. The fourth-order valence-electron chi connectivity index (χ4n) is 1.82. The first-order valence-corrected chi connectivity index (χ1v) is 7.16. The van der Waals surface area contributed by atoms with Gasteiger partial charge in [0.25, 0.3) is 5.91 Å². The number of carbonyl (C=O) groups is 2. The van der Waals surface area contributed by atoms with Gasteiger partial charge in [0, 0.05) is 5.69 Å². The maximum Gasteiger partial charge on any atom is 0.336 e. The van der Waals surface area contributed by atoms with E-state index in [4.69, 9.17) is 10.4 Å². The fraction of sp³-hybridized carbons (Fsp3) is 0.167. The van der Waals surface area contributed by atoms with Gasteiger partial charge in [0.1, 0.15) is 0 Å². The van der Waals surface area contributed by atoms with E-state index in [9.17, 15) is 9.59 Å². The SMILES string of the molecule is CC.Cc1ccc(NC(=O)c2cc(C#N)ccc2C(=O)O)cc1. The molecular formula is C18H18N2O3. The van der Waals surface area contributed by atoms with Crippen molar-refractivity contribution in [3.05, 3.63) is 64.7 Å². The number of nitrogens with one attached hydrogen (secondary N) is 1. The van der Waals surface area contributed by atoms with Crippen molar-refractivity contribution < 1.29 is 14.7 Å². The fourth-order valence-corrected chi connectivity index (χ4v) is 1.82. The van der Waals surface area contributed by atoms with Crippen molar-refractivity contribution in [3.63, 3.8) is 0 Å². The second kappa shape index (κ2) is 8.35. The number of anilines is 1. The monoisotopic (exact) mass is 310 g/mol. The third-order valence-corrected chi connectivity index (χ3v) is 2.93. The molecule has 118 valence electrons. The summed E-state index contributed by atoms with van der Waals surface area (Å²) in [7, 11) is 0. The molecule has 5 nitrogen and oxygen atoms in total. The van der Waals surface area contributed by atoms with Crippen LogP contribution < -0.4 is 5.32 Å². The lowest BCUT2D eigenvalue weighted by atomic mass is 10.0. The predicted octanol–water partition coefficient (Wildman–Crippen LogP) is 3.84. The van der Waals surface area contributed by atoms with E-state index < -0.39 is 11.9 Å². The zero-order valence-electron chi connectivity index (χ0n) is 13.3. The summed E-state index contributed by atoms with van der Waals surface area (Å²) in [6, 6.07) is 12.9. The summed E-state index contributed by atoms with van der Waals surface area (Å²) in [5.41, 5.74) is 1.66. The van der Waals surface area contributed by atoms with Gasteiger partial charge in [-0.05, 0) is 37.3 Å². The molecule has 2 aromatic carbocycles. The average molecular weight is 310 g/mol. The molecule has 0 spiro atoms. The van der Waals surface area contributed by atoms with Crippen molar-refractivity contribution in [1.29, 1.82) is 5.26 Å². The maximum absolute atomic E-state index is 12.2. The van der Waals surface area contributed by atoms with E-state index in [1.165, 1.54) is 18.2 Å². The van der Waals surface area contributed by atoms with Crippen LogP contribution in [0.3, 0.4) is 0 Å². The van der Waals surface area contributed by atoms with Gasteiger partial charge < -0.3 is 10.4 Å². The van der Waals surface area contributed by atoms with Crippen molar-refractivity contribution in [1.82, 2.24) is 0 Å². The first-order valence-electron chi connectivity index (χ1n) is 7.16. The zero-order valence-corrected chi connectivity index (χ0v) is 13.3. The van der Waals surface area contributed by atoms with Crippen LogP contribution in [0, 0.1) is 18.3 Å². The van der Waals surface area contributed by atoms with Gasteiger partial charge in [-0.15, -0.1) is 0 Å². The van der Waals surface area contributed by atoms with Crippen LogP contribution in [0.25, 0.3) is 0 Å². The normalized spacial score (nSPS) is 9.13. The molecule has 0 aliphatic heterocycles. The van der Waals surface area contributed by atoms with Crippen molar-refractivity contribution in [2.24, 2.45) is 0 Å². The first-order chi connectivity index (χ1) is 11.0. The molecule has 1 amide bonds. The highest BCUT2D eigenvalue weighted by molar-refractivity contribution is 6.10. The van der Waals surface area contributed by atoms with Crippen LogP contribution in [0.1, 0.15) is 45.7 Å². The quantitative estimate of drug-likeness (QED) is 0.901. The van der Waals surface area contributed by atoms with E-state index >= 15 is 0 Å². The van der Waals surface area contributed by atoms with E-state index in [0.29, 0.717) is 5.69 Å². The average Bonchev–Trinajstić information content (AvgIpc) is 2.58. The van der Waals surface area contributed by atoms with Gasteiger partial charge in [0.15, 0.2) is 0 Å². The van der Waals surface area contributed by atoms with Gasteiger partial charge in [0.05, 0.1) is 22.8 Å². The number of nitrogens with zero attached hydrogens (tertiary/aromatic N) is 1. The largest absolute Gasteiger partial charge is 0.478 e. The van der Waals surface area contributed by atoms with Crippen LogP contribution in [0.5, 0.6) is 0 Å². The zero-order chi connectivity index (χ0) is 17.4. The molecule has 0 aromatic heterocycles. The third kappa shape index (κ3) is 4.68. The molecule has 0 radical (unpaired) electrons. The van der Waals surface area contributed by atoms with Gasteiger partial charge >= 0.3 is 5.97 Å². The van der Waals surface area contributed by atoms with Crippen molar-refractivity contribution in [2.45, 2.75) is 20.8 Å². The lowest BCUT2D eigenvalue weighted by Gasteiger charge is -2.08. The van der Waals surface area contributed by atoms with E-state index in [-0.39, 0.29) is 16.7 Å². The van der Waals surface area contributed by atoms with Gasteiger partial charge in [-0.25, -0.2) is 4.79 Å². The number of rotatable bonds is 3. The van der Waals surface area contributed by atoms with E-state index in [1.807, 2.05) is 39.0 Å². The number of carboxylic acids is 1. The van der Waals surface area contributed by atoms with Crippen LogP contribution in [0.2, 0.25) is 0 Å². The molecule has 0 bridgehead atoms. The molecule has 0 saturated heterocycles. The molecular weight excluding hydrogens is 292 g/mol. The number of aromatic carboxylic acids is 1. The minimum atomic E-state index is -1.21. The number of hydrogen-bond donors (Lipinski definition) is 2. The molecule has 0 saturated carbocycles. The molecule has 2 N–H and O–H groups in total. The summed E-state index contributed by atoms with van der Waals surface area (Å²) in [5, 5.41) is 20.6.